The second kappa shape index (κ2) is 5.98. The first kappa shape index (κ1) is 12.3. The Morgan fingerprint density at radius 3 is 2.87 bits per heavy atom. The van der Waals surface area contributed by atoms with E-state index in [9.17, 15) is 9.18 Å². The number of carboxylic acids is 1. The Morgan fingerprint density at radius 1 is 1.53 bits per heavy atom. The van der Waals surface area contributed by atoms with Gasteiger partial charge in [0.05, 0.1) is 6.42 Å². The summed E-state index contributed by atoms with van der Waals surface area (Å²) >= 11 is 6.99. The molecule has 0 bridgehead atoms. The first-order valence-electron chi connectivity index (χ1n) is 4.33. The van der Waals surface area contributed by atoms with Crippen LogP contribution in [0.15, 0.2) is 18.2 Å². The largest absolute Gasteiger partial charge is 0.481 e. The second-order valence-electron chi connectivity index (χ2n) is 2.93. The summed E-state index contributed by atoms with van der Waals surface area (Å²) in [5.41, 5.74) is 0.551. The summed E-state index contributed by atoms with van der Waals surface area (Å²) in [4.78, 5) is 10.2. The van der Waals surface area contributed by atoms with Crippen LogP contribution in [0.4, 0.5) is 4.39 Å². The lowest BCUT2D eigenvalue weighted by Crippen LogP contribution is -1.96. The highest BCUT2D eigenvalue weighted by atomic mass is 35.5. The normalized spacial score (nSPS) is 10.3. The monoisotopic (exact) mass is 248 g/mol. The molecular weight excluding hydrogens is 239 g/mol. The van der Waals surface area contributed by atoms with Crippen LogP contribution < -0.4 is 0 Å². The molecule has 0 fully saturated rings. The zero-order valence-electron chi connectivity index (χ0n) is 7.87. The minimum atomic E-state index is -0.834. The van der Waals surface area contributed by atoms with Gasteiger partial charge in [0.25, 0.3) is 0 Å². The van der Waals surface area contributed by atoms with Crippen LogP contribution in [-0.4, -0.2) is 16.8 Å². The highest BCUT2D eigenvalue weighted by Gasteiger charge is 2.03. The zero-order chi connectivity index (χ0) is 11.3. The van der Waals surface area contributed by atoms with Crippen LogP contribution in [0.5, 0.6) is 0 Å². The van der Waals surface area contributed by atoms with Crippen LogP contribution in [0.25, 0.3) is 0 Å². The van der Waals surface area contributed by atoms with Crippen molar-refractivity contribution in [1.82, 2.24) is 0 Å². The molecule has 0 amide bonds. The molecule has 1 aromatic carbocycles. The quantitative estimate of drug-likeness (QED) is 0.814. The van der Waals surface area contributed by atoms with Gasteiger partial charge >= 0.3 is 5.97 Å². The number of carbonyl (C=O) groups is 1. The van der Waals surface area contributed by atoms with Gasteiger partial charge in [0.1, 0.15) is 5.82 Å². The Hall–Kier alpha value is -0.740. The maximum absolute atomic E-state index is 13.2. The summed E-state index contributed by atoms with van der Waals surface area (Å²) in [6, 6.07) is 4.50. The number of hydrogen-bond acceptors (Lipinski definition) is 2. The first-order valence-corrected chi connectivity index (χ1v) is 5.86. The summed E-state index contributed by atoms with van der Waals surface area (Å²) in [6.07, 6.45) is 0.0971. The van der Waals surface area contributed by atoms with Crippen molar-refractivity contribution in [3.63, 3.8) is 0 Å². The molecule has 0 aliphatic carbocycles. The lowest BCUT2D eigenvalue weighted by Gasteiger charge is -2.02. The number of carboxylic acid groups (broad SMARTS) is 1. The van der Waals surface area contributed by atoms with Crippen LogP contribution >= 0.6 is 23.4 Å². The van der Waals surface area contributed by atoms with Crippen molar-refractivity contribution in [3.8, 4) is 0 Å². The molecule has 2 nitrogen and oxygen atoms in total. The maximum atomic E-state index is 13.2. The molecule has 0 unspecified atom stereocenters. The molecule has 15 heavy (non-hydrogen) atoms. The van der Waals surface area contributed by atoms with Gasteiger partial charge in [-0.15, -0.1) is 0 Å². The van der Waals surface area contributed by atoms with E-state index in [4.69, 9.17) is 16.7 Å². The molecule has 82 valence electrons. The number of hydrogen-bond donors (Lipinski definition) is 1. The van der Waals surface area contributed by atoms with E-state index in [1.807, 2.05) is 0 Å². The third kappa shape index (κ3) is 4.53. The molecule has 0 saturated heterocycles. The van der Waals surface area contributed by atoms with Gasteiger partial charge in [-0.2, -0.15) is 11.8 Å². The summed E-state index contributed by atoms with van der Waals surface area (Å²) in [7, 11) is 0. The fourth-order valence-electron chi connectivity index (χ4n) is 0.980. The van der Waals surface area contributed by atoms with E-state index >= 15 is 0 Å². The van der Waals surface area contributed by atoms with Gasteiger partial charge in [-0.3, -0.25) is 4.79 Å². The standard InChI is InChI=1S/C10H10ClFO2S/c11-8-2-1-7(9(12)5-8)6-15-4-3-10(13)14/h1-2,5H,3-4,6H2,(H,13,14). The summed E-state index contributed by atoms with van der Waals surface area (Å²) in [5.74, 6) is -0.224. The predicted molar refractivity (Wildman–Crippen MR) is 59.8 cm³/mol. The van der Waals surface area contributed by atoms with Crippen molar-refractivity contribution in [1.29, 1.82) is 0 Å². The molecule has 0 spiro atoms. The second-order valence-corrected chi connectivity index (χ2v) is 4.47. The van der Waals surface area contributed by atoms with Crippen molar-refractivity contribution in [3.05, 3.63) is 34.6 Å². The van der Waals surface area contributed by atoms with Gasteiger partial charge in [-0.05, 0) is 17.7 Å². The molecule has 0 aromatic heterocycles. The zero-order valence-corrected chi connectivity index (χ0v) is 9.45. The molecule has 1 aromatic rings. The maximum Gasteiger partial charge on any atom is 0.304 e. The highest BCUT2D eigenvalue weighted by molar-refractivity contribution is 7.98. The molecule has 0 heterocycles. The van der Waals surface area contributed by atoms with Crippen molar-refractivity contribution < 1.29 is 14.3 Å². The Labute approximate surface area is 96.4 Å². The molecule has 0 radical (unpaired) electrons. The first-order chi connectivity index (χ1) is 7.09. The Balaban J connectivity index is 2.40. The minimum Gasteiger partial charge on any atom is -0.481 e. The van der Waals surface area contributed by atoms with E-state index in [2.05, 4.69) is 0 Å². The molecule has 0 aliphatic rings. The fraction of sp³-hybridized carbons (Fsp3) is 0.300. The van der Waals surface area contributed by atoms with Gasteiger partial charge in [-0.1, -0.05) is 17.7 Å². The van der Waals surface area contributed by atoms with Crippen molar-refractivity contribution in [2.45, 2.75) is 12.2 Å². The van der Waals surface area contributed by atoms with Gasteiger partial charge in [-0.25, -0.2) is 4.39 Å². The van der Waals surface area contributed by atoms with Crippen molar-refractivity contribution in [2.24, 2.45) is 0 Å². The van der Waals surface area contributed by atoms with E-state index in [0.29, 0.717) is 22.1 Å². The predicted octanol–water partition coefficient (Wildman–Crippen LogP) is 3.19. The molecule has 1 rings (SSSR count). The average Bonchev–Trinajstić information content (AvgIpc) is 2.14. The van der Waals surface area contributed by atoms with Crippen LogP contribution in [0, 0.1) is 5.82 Å². The summed E-state index contributed by atoms with van der Waals surface area (Å²) in [5, 5.41) is 8.76. The van der Waals surface area contributed by atoms with Crippen molar-refractivity contribution >= 4 is 29.3 Å². The van der Waals surface area contributed by atoms with Gasteiger partial charge < -0.3 is 5.11 Å². The van der Waals surface area contributed by atoms with Gasteiger partial charge in [0, 0.05) is 16.5 Å². The van der Waals surface area contributed by atoms with E-state index in [1.54, 1.807) is 12.1 Å². The molecule has 0 aliphatic heterocycles. The van der Waals surface area contributed by atoms with E-state index in [1.165, 1.54) is 17.8 Å². The lowest BCUT2D eigenvalue weighted by atomic mass is 10.2. The SMILES string of the molecule is O=C(O)CCSCc1ccc(Cl)cc1F. The van der Waals surface area contributed by atoms with Crippen LogP contribution in [-0.2, 0) is 10.5 Å². The van der Waals surface area contributed by atoms with E-state index in [-0.39, 0.29) is 12.2 Å². The van der Waals surface area contributed by atoms with Gasteiger partial charge in [0.2, 0.25) is 0 Å². The number of halogens is 2. The third-order valence-electron chi connectivity index (χ3n) is 1.73. The van der Waals surface area contributed by atoms with Crippen molar-refractivity contribution in [2.75, 3.05) is 5.75 Å². The molecule has 0 atom stereocenters. The highest BCUT2D eigenvalue weighted by Crippen LogP contribution is 2.19. The number of aliphatic carboxylic acids is 1. The lowest BCUT2D eigenvalue weighted by molar-refractivity contribution is -0.136. The molecular formula is C10H10ClFO2S. The smallest absolute Gasteiger partial charge is 0.304 e. The molecule has 5 heteroatoms. The fourth-order valence-corrected chi connectivity index (χ4v) is 2.06. The van der Waals surface area contributed by atoms with E-state index < -0.39 is 5.97 Å². The summed E-state index contributed by atoms with van der Waals surface area (Å²) < 4.78 is 13.2. The van der Waals surface area contributed by atoms with Crippen LogP contribution in [0.2, 0.25) is 5.02 Å². The Bertz CT molecular complexity index is 357. The molecule has 1 N–H and O–H groups in total. The summed E-state index contributed by atoms with van der Waals surface area (Å²) in [6.45, 7) is 0. The topological polar surface area (TPSA) is 37.3 Å². The van der Waals surface area contributed by atoms with E-state index in [0.717, 1.165) is 0 Å². The molecule has 0 saturated carbocycles. The minimum absolute atomic E-state index is 0.0971. The van der Waals surface area contributed by atoms with Crippen LogP contribution in [0.3, 0.4) is 0 Å². The Morgan fingerprint density at radius 2 is 2.27 bits per heavy atom. The number of thioether (sulfide) groups is 1. The number of rotatable bonds is 5. The Kier molecular flexibility index (Phi) is 4.91. The van der Waals surface area contributed by atoms with Gasteiger partial charge in [0.15, 0.2) is 0 Å². The number of benzene rings is 1. The average molecular weight is 249 g/mol. The third-order valence-corrected chi connectivity index (χ3v) is 2.98. The van der Waals surface area contributed by atoms with Crippen LogP contribution in [0.1, 0.15) is 12.0 Å².